The Kier molecular flexibility index (Phi) is 6.95. The first-order valence-electron chi connectivity index (χ1n) is 6.82. The van der Waals surface area contributed by atoms with Crippen molar-refractivity contribution >= 4 is 22.8 Å². The Hall–Kier alpha value is -2.67. The van der Waals surface area contributed by atoms with Crippen molar-refractivity contribution in [3.63, 3.8) is 0 Å². The van der Waals surface area contributed by atoms with Gasteiger partial charge < -0.3 is 19.7 Å². The van der Waals surface area contributed by atoms with Crippen LogP contribution >= 0.6 is 0 Å². The number of rotatable bonds is 5. The molecule has 0 saturated heterocycles. The Balaban J connectivity index is 0.000000284. The van der Waals surface area contributed by atoms with Crippen LogP contribution < -0.4 is 0 Å². The van der Waals surface area contributed by atoms with Crippen LogP contribution in [0, 0.1) is 5.82 Å². The van der Waals surface area contributed by atoms with E-state index in [1.807, 2.05) is 32.4 Å². The molecule has 0 spiro atoms. The highest BCUT2D eigenvalue weighted by molar-refractivity contribution is 5.89. The molecular formula is C16H19FN2O4. The van der Waals surface area contributed by atoms with E-state index in [1.54, 1.807) is 6.07 Å². The maximum Gasteiger partial charge on any atom is 0.328 e. The molecule has 124 valence electrons. The fourth-order valence-electron chi connectivity index (χ4n) is 1.82. The summed E-state index contributed by atoms with van der Waals surface area (Å²) in [6.07, 6.45) is 3.12. The summed E-state index contributed by atoms with van der Waals surface area (Å²) in [4.78, 5) is 21.2. The largest absolute Gasteiger partial charge is 0.478 e. The van der Waals surface area contributed by atoms with Crippen molar-refractivity contribution in [1.29, 1.82) is 0 Å². The molecule has 0 unspecified atom stereocenters. The number of hydrogen-bond donors (Lipinski definition) is 2. The molecular weight excluding hydrogens is 303 g/mol. The van der Waals surface area contributed by atoms with E-state index >= 15 is 0 Å². The van der Waals surface area contributed by atoms with Gasteiger partial charge in [-0.1, -0.05) is 0 Å². The lowest BCUT2D eigenvalue weighted by atomic mass is 10.2. The van der Waals surface area contributed by atoms with Gasteiger partial charge >= 0.3 is 11.9 Å². The molecule has 7 heteroatoms. The average molecular weight is 322 g/mol. The number of aliphatic carboxylic acids is 2. The topological polar surface area (TPSA) is 82.8 Å². The van der Waals surface area contributed by atoms with Crippen LogP contribution in [-0.2, 0) is 16.1 Å². The summed E-state index contributed by atoms with van der Waals surface area (Å²) >= 11 is 0. The summed E-state index contributed by atoms with van der Waals surface area (Å²) in [7, 11) is 4.09. The first-order valence-corrected chi connectivity index (χ1v) is 6.82. The van der Waals surface area contributed by atoms with Crippen molar-refractivity contribution in [1.82, 2.24) is 9.47 Å². The van der Waals surface area contributed by atoms with Crippen LogP contribution in [0.1, 0.15) is 0 Å². The first kappa shape index (κ1) is 18.4. The van der Waals surface area contributed by atoms with Gasteiger partial charge in [0.05, 0.1) is 0 Å². The SMILES string of the molecule is CN(C)CCn1ccc2cc(F)ccc21.O=C(O)/C=C/C(=O)O. The number of fused-ring (bicyclic) bond motifs is 1. The molecule has 1 aromatic carbocycles. The molecule has 0 fully saturated rings. The van der Waals surface area contributed by atoms with E-state index in [-0.39, 0.29) is 5.82 Å². The number of halogens is 1. The van der Waals surface area contributed by atoms with Crippen LogP contribution in [0.25, 0.3) is 10.9 Å². The number of carboxylic acids is 2. The van der Waals surface area contributed by atoms with Gasteiger partial charge in [-0.2, -0.15) is 0 Å². The number of aromatic nitrogens is 1. The minimum absolute atomic E-state index is 0.173. The van der Waals surface area contributed by atoms with Crippen LogP contribution in [0.15, 0.2) is 42.6 Å². The van der Waals surface area contributed by atoms with E-state index in [1.165, 1.54) is 6.07 Å². The summed E-state index contributed by atoms with van der Waals surface area (Å²) in [5.41, 5.74) is 1.10. The fourth-order valence-corrected chi connectivity index (χ4v) is 1.82. The molecule has 0 amide bonds. The second kappa shape index (κ2) is 8.70. The minimum atomic E-state index is -1.26. The predicted octanol–water partition coefficient (Wildman–Crippen LogP) is 2.05. The van der Waals surface area contributed by atoms with Gasteiger partial charge in [-0.3, -0.25) is 0 Å². The standard InChI is InChI=1S/C12H15FN2.C4H4O4/c1-14(2)7-8-15-6-5-10-9-11(13)3-4-12(10)15;5-3(6)1-2-4(7)8/h3-6,9H,7-8H2,1-2H3;1-2H,(H,5,6)(H,7,8)/b;2-1+. The quantitative estimate of drug-likeness (QED) is 0.823. The van der Waals surface area contributed by atoms with E-state index in [2.05, 4.69) is 9.47 Å². The van der Waals surface area contributed by atoms with Gasteiger partial charge in [-0.05, 0) is 38.4 Å². The summed E-state index contributed by atoms with van der Waals surface area (Å²) in [6, 6.07) is 6.87. The number of benzene rings is 1. The molecule has 0 atom stereocenters. The molecule has 0 radical (unpaired) electrons. The van der Waals surface area contributed by atoms with Crippen molar-refractivity contribution in [3.05, 3.63) is 48.4 Å². The normalized spacial score (nSPS) is 10.8. The van der Waals surface area contributed by atoms with Crippen molar-refractivity contribution in [2.75, 3.05) is 20.6 Å². The van der Waals surface area contributed by atoms with Crippen LogP contribution in [0.4, 0.5) is 4.39 Å². The van der Waals surface area contributed by atoms with Gasteiger partial charge in [-0.15, -0.1) is 0 Å². The summed E-state index contributed by atoms with van der Waals surface area (Å²) < 4.78 is 15.1. The Morgan fingerprint density at radius 3 is 2.30 bits per heavy atom. The van der Waals surface area contributed by atoms with E-state index in [4.69, 9.17) is 10.2 Å². The van der Waals surface area contributed by atoms with Gasteiger partial charge in [0, 0.05) is 42.3 Å². The Morgan fingerprint density at radius 1 is 1.17 bits per heavy atom. The number of hydrogen-bond acceptors (Lipinski definition) is 3. The Morgan fingerprint density at radius 2 is 1.78 bits per heavy atom. The molecule has 2 rings (SSSR count). The van der Waals surface area contributed by atoms with Gasteiger partial charge in [0.15, 0.2) is 0 Å². The van der Waals surface area contributed by atoms with Crippen LogP contribution in [0.3, 0.4) is 0 Å². The second-order valence-electron chi connectivity index (χ2n) is 5.03. The molecule has 23 heavy (non-hydrogen) atoms. The van der Waals surface area contributed by atoms with Crippen LogP contribution in [-0.4, -0.2) is 52.3 Å². The lowest BCUT2D eigenvalue weighted by Crippen LogP contribution is -2.17. The third kappa shape index (κ3) is 6.75. The third-order valence-corrected chi connectivity index (χ3v) is 2.89. The molecule has 2 aromatic rings. The minimum Gasteiger partial charge on any atom is -0.478 e. The lowest BCUT2D eigenvalue weighted by molar-refractivity contribution is -0.134. The Labute approximate surface area is 133 Å². The monoisotopic (exact) mass is 322 g/mol. The molecule has 2 N–H and O–H groups in total. The summed E-state index contributed by atoms with van der Waals surface area (Å²) in [5.74, 6) is -2.69. The number of likely N-dealkylation sites (N-methyl/N-ethyl adjacent to an activating group) is 1. The molecule has 6 nitrogen and oxygen atoms in total. The number of nitrogens with zero attached hydrogens (tertiary/aromatic N) is 2. The summed E-state index contributed by atoms with van der Waals surface area (Å²) in [6.45, 7) is 1.92. The number of carboxylic acid groups (broad SMARTS) is 2. The van der Waals surface area contributed by atoms with Crippen molar-refractivity contribution in [3.8, 4) is 0 Å². The predicted molar refractivity (Wildman–Crippen MR) is 84.9 cm³/mol. The molecule has 0 bridgehead atoms. The molecule has 0 aliphatic heterocycles. The zero-order chi connectivity index (χ0) is 17.4. The number of carbonyl (C=O) groups is 2. The van der Waals surface area contributed by atoms with Gasteiger partial charge in [0.25, 0.3) is 0 Å². The van der Waals surface area contributed by atoms with Gasteiger partial charge in [-0.25, -0.2) is 14.0 Å². The van der Waals surface area contributed by atoms with E-state index in [0.29, 0.717) is 12.2 Å². The third-order valence-electron chi connectivity index (χ3n) is 2.89. The Bertz CT molecular complexity index is 691. The van der Waals surface area contributed by atoms with Crippen LogP contribution in [0.5, 0.6) is 0 Å². The first-order chi connectivity index (χ1) is 10.8. The maximum absolute atomic E-state index is 12.9. The molecule has 0 aliphatic carbocycles. The van der Waals surface area contributed by atoms with Crippen molar-refractivity contribution in [2.45, 2.75) is 6.54 Å². The fraction of sp³-hybridized carbons (Fsp3) is 0.250. The highest BCUT2D eigenvalue weighted by Gasteiger charge is 2.02. The van der Waals surface area contributed by atoms with Gasteiger partial charge in [0.1, 0.15) is 5.82 Å². The van der Waals surface area contributed by atoms with E-state index in [0.717, 1.165) is 24.0 Å². The molecule has 1 heterocycles. The molecule has 0 saturated carbocycles. The smallest absolute Gasteiger partial charge is 0.328 e. The second-order valence-corrected chi connectivity index (χ2v) is 5.03. The van der Waals surface area contributed by atoms with Crippen molar-refractivity contribution < 1.29 is 24.2 Å². The van der Waals surface area contributed by atoms with Crippen molar-refractivity contribution in [2.24, 2.45) is 0 Å². The zero-order valence-corrected chi connectivity index (χ0v) is 12.9. The molecule has 1 aromatic heterocycles. The van der Waals surface area contributed by atoms with Crippen LogP contribution in [0.2, 0.25) is 0 Å². The highest BCUT2D eigenvalue weighted by Crippen LogP contribution is 2.16. The zero-order valence-electron chi connectivity index (χ0n) is 12.9. The lowest BCUT2D eigenvalue weighted by Gasteiger charge is -2.11. The average Bonchev–Trinajstić information content (AvgIpc) is 2.85. The molecule has 0 aliphatic rings. The van der Waals surface area contributed by atoms with Gasteiger partial charge in [0.2, 0.25) is 0 Å². The summed E-state index contributed by atoms with van der Waals surface area (Å²) in [5, 5.41) is 16.6. The van der Waals surface area contributed by atoms with E-state index < -0.39 is 11.9 Å². The maximum atomic E-state index is 12.9. The highest BCUT2D eigenvalue weighted by atomic mass is 19.1. The van der Waals surface area contributed by atoms with E-state index in [9.17, 15) is 14.0 Å².